The summed E-state index contributed by atoms with van der Waals surface area (Å²) in [5, 5.41) is 0.00494. The van der Waals surface area contributed by atoms with Crippen molar-refractivity contribution in [2.24, 2.45) is 0 Å². The highest BCUT2D eigenvalue weighted by atomic mass is 19.4. The molecule has 0 atom stereocenters. The molecule has 0 spiro atoms. The van der Waals surface area contributed by atoms with Crippen LogP contribution in [0.2, 0.25) is 0 Å². The molecule has 0 fully saturated rings. The van der Waals surface area contributed by atoms with Gasteiger partial charge in [0.1, 0.15) is 10.7 Å². The van der Waals surface area contributed by atoms with Gasteiger partial charge in [0.05, 0.1) is 17.6 Å². The molecule has 0 aliphatic heterocycles. The zero-order valence-electron chi connectivity index (χ0n) is 20.2. The van der Waals surface area contributed by atoms with Gasteiger partial charge in [0, 0.05) is 22.2 Å². The van der Waals surface area contributed by atoms with Crippen LogP contribution in [0.4, 0.5) is 13.2 Å². The van der Waals surface area contributed by atoms with Gasteiger partial charge in [0.2, 0.25) is 0 Å². The third kappa shape index (κ3) is 5.69. The summed E-state index contributed by atoms with van der Waals surface area (Å²) in [6.07, 6.45) is -0.0896. The Morgan fingerprint density at radius 3 is 2.08 bits per heavy atom. The zero-order valence-corrected chi connectivity index (χ0v) is 20.2. The van der Waals surface area contributed by atoms with Crippen LogP contribution < -0.4 is 21.8 Å². The van der Waals surface area contributed by atoms with Gasteiger partial charge in [-0.3, -0.25) is 14.4 Å². The van der Waals surface area contributed by atoms with E-state index in [9.17, 15) is 27.6 Å². The quantitative estimate of drug-likeness (QED) is 0.368. The number of ketones is 1. The van der Waals surface area contributed by atoms with Gasteiger partial charge in [-0.1, -0.05) is 51.1 Å². The number of benzene rings is 2. The van der Waals surface area contributed by atoms with Crippen molar-refractivity contribution < 1.29 is 18.0 Å². The second-order valence-electron chi connectivity index (χ2n) is 9.47. The Kier molecular flexibility index (Phi) is 6.60. The lowest BCUT2D eigenvalue weighted by atomic mass is 9.90. The number of alkyl halides is 3. The molecule has 0 saturated carbocycles. The Labute approximate surface area is 208 Å². The molecule has 0 aliphatic rings. The number of nitrogens with zero attached hydrogens (tertiary/aromatic N) is 1. The largest absolute Gasteiger partial charge is 0.416 e. The number of H-pyrrole nitrogens is 3. The zero-order chi connectivity index (χ0) is 27.0. The topological polar surface area (TPSA) is 111 Å². The molecule has 0 radical (unpaired) electrons. The first kappa shape index (κ1) is 25.6. The number of hydrogen-bond acceptors (Lipinski definition) is 4. The lowest BCUT2D eigenvalue weighted by molar-refractivity contribution is -0.137. The molecule has 10 heteroatoms. The summed E-state index contributed by atoms with van der Waals surface area (Å²) >= 11 is 0. The molecule has 0 amide bonds. The number of rotatable bonds is 4. The summed E-state index contributed by atoms with van der Waals surface area (Å²) in [5.41, 5.74) is -0.127. The summed E-state index contributed by atoms with van der Waals surface area (Å²) < 4.78 is 38.4. The number of carbonyl (C=O) groups excluding carboxylic acids is 1. The van der Waals surface area contributed by atoms with Crippen molar-refractivity contribution >= 4 is 17.9 Å². The molecule has 0 saturated heterocycles. The molecule has 190 valence electrons. The van der Waals surface area contributed by atoms with Crippen LogP contribution in [0, 0.1) is 0 Å². The van der Waals surface area contributed by atoms with E-state index in [1.54, 1.807) is 12.1 Å². The number of aromatic nitrogens is 4. The lowest BCUT2D eigenvalue weighted by Crippen LogP contribution is -2.46. The third-order valence-electron chi connectivity index (χ3n) is 5.62. The molecular weight excluding hydrogens is 485 g/mol. The predicted octanol–water partition coefficient (Wildman–Crippen LogP) is 2.99. The van der Waals surface area contributed by atoms with E-state index in [1.165, 1.54) is 30.6 Å². The van der Waals surface area contributed by atoms with E-state index in [0.29, 0.717) is 11.3 Å². The Balaban J connectivity index is 1.68. The van der Waals surface area contributed by atoms with Crippen LogP contribution in [0.5, 0.6) is 0 Å². The SMILES string of the molecule is CC(C)(C)c1[nH]cnc1/C=c1\[nH]c(=O)/c(=C/c2cccc(C(=O)c3ccc(C(F)(F)F)cc3)c2)[nH]c1=O. The van der Waals surface area contributed by atoms with E-state index in [4.69, 9.17) is 0 Å². The fourth-order valence-corrected chi connectivity index (χ4v) is 3.76. The average Bonchev–Trinajstić information content (AvgIpc) is 3.30. The number of carbonyl (C=O) groups is 1. The number of imidazole rings is 1. The molecule has 0 bridgehead atoms. The standard InChI is InChI=1S/C27H23F3N4O3/c1-26(2,3)23-19(31-14-32-23)13-21-25(37)33-20(24(36)34-21)12-15-5-4-6-17(11-15)22(35)16-7-9-18(10-8-16)27(28,29)30/h4-14H,1-3H3,(H,31,32)(H,33,37)(H,34,36)/b20-12-,21-13-. The van der Waals surface area contributed by atoms with Crippen molar-refractivity contribution in [2.45, 2.75) is 32.4 Å². The van der Waals surface area contributed by atoms with Gasteiger partial charge in [-0.05, 0) is 35.9 Å². The number of hydrogen-bond donors (Lipinski definition) is 3. The minimum absolute atomic E-state index is 0.0284. The van der Waals surface area contributed by atoms with Gasteiger partial charge in [0.15, 0.2) is 5.78 Å². The molecule has 0 unspecified atom stereocenters. The first-order valence-electron chi connectivity index (χ1n) is 11.2. The number of halogens is 3. The Morgan fingerprint density at radius 1 is 0.865 bits per heavy atom. The van der Waals surface area contributed by atoms with E-state index >= 15 is 0 Å². The van der Waals surface area contributed by atoms with Gasteiger partial charge in [0.25, 0.3) is 11.1 Å². The second kappa shape index (κ2) is 9.53. The van der Waals surface area contributed by atoms with E-state index in [0.717, 1.165) is 30.0 Å². The minimum Gasteiger partial charge on any atom is -0.348 e. The Hall–Kier alpha value is -4.47. The molecule has 0 aliphatic carbocycles. The molecule has 4 aromatic rings. The minimum atomic E-state index is -4.50. The molecule has 2 heterocycles. The monoisotopic (exact) mass is 508 g/mol. The van der Waals surface area contributed by atoms with Crippen molar-refractivity contribution in [3.8, 4) is 0 Å². The maximum Gasteiger partial charge on any atom is 0.416 e. The first-order valence-corrected chi connectivity index (χ1v) is 11.2. The highest BCUT2D eigenvalue weighted by molar-refractivity contribution is 6.09. The van der Waals surface area contributed by atoms with E-state index in [-0.39, 0.29) is 27.2 Å². The molecular formula is C27H23F3N4O3. The maximum absolute atomic E-state index is 12.8. The highest BCUT2D eigenvalue weighted by Gasteiger charge is 2.30. The van der Waals surface area contributed by atoms with E-state index in [1.807, 2.05) is 20.8 Å². The van der Waals surface area contributed by atoms with Gasteiger partial charge < -0.3 is 15.0 Å². The normalized spacial score (nSPS) is 13.2. The summed E-state index contributed by atoms with van der Waals surface area (Å²) in [5.74, 6) is -0.481. The Morgan fingerprint density at radius 2 is 1.49 bits per heavy atom. The van der Waals surface area contributed by atoms with Crippen LogP contribution in [0.25, 0.3) is 12.2 Å². The van der Waals surface area contributed by atoms with Gasteiger partial charge in [-0.25, -0.2) is 4.98 Å². The maximum atomic E-state index is 12.8. The van der Waals surface area contributed by atoms with Crippen molar-refractivity contribution in [3.63, 3.8) is 0 Å². The van der Waals surface area contributed by atoms with Crippen molar-refractivity contribution in [2.75, 3.05) is 0 Å². The third-order valence-corrected chi connectivity index (χ3v) is 5.62. The molecule has 3 N–H and O–H groups in total. The lowest BCUT2D eigenvalue weighted by Gasteiger charge is -2.16. The van der Waals surface area contributed by atoms with Crippen LogP contribution in [0.15, 0.2) is 64.4 Å². The summed E-state index contributed by atoms with van der Waals surface area (Å²) in [6, 6.07) is 10.1. The van der Waals surface area contributed by atoms with Gasteiger partial charge >= 0.3 is 6.18 Å². The smallest absolute Gasteiger partial charge is 0.348 e. The first-order chi connectivity index (χ1) is 17.3. The summed E-state index contributed by atoms with van der Waals surface area (Å²) in [4.78, 5) is 50.6. The molecule has 2 aromatic heterocycles. The van der Waals surface area contributed by atoms with Gasteiger partial charge in [-0.2, -0.15) is 13.2 Å². The second-order valence-corrected chi connectivity index (χ2v) is 9.47. The average molecular weight is 509 g/mol. The molecule has 4 rings (SSSR count). The van der Waals surface area contributed by atoms with Crippen molar-refractivity contribution in [1.82, 2.24) is 19.9 Å². The Bertz CT molecular complexity index is 1700. The molecule has 7 nitrogen and oxygen atoms in total. The van der Waals surface area contributed by atoms with Crippen LogP contribution in [0.3, 0.4) is 0 Å². The number of aromatic amines is 3. The van der Waals surface area contributed by atoms with Crippen LogP contribution in [-0.4, -0.2) is 25.7 Å². The molecule has 37 heavy (non-hydrogen) atoms. The fourth-order valence-electron chi connectivity index (χ4n) is 3.76. The van der Waals surface area contributed by atoms with Crippen molar-refractivity contribution in [1.29, 1.82) is 0 Å². The molecule has 2 aromatic carbocycles. The predicted molar refractivity (Wildman–Crippen MR) is 133 cm³/mol. The van der Waals surface area contributed by atoms with E-state index in [2.05, 4.69) is 19.9 Å². The fraction of sp³-hybridized carbons (Fsp3) is 0.185. The van der Waals surface area contributed by atoms with Crippen LogP contribution in [-0.2, 0) is 11.6 Å². The van der Waals surface area contributed by atoms with Crippen LogP contribution in [0.1, 0.15) is 59.2 Å². The van der Waals surface area contributed by atoms with E-state index < -0.39 is 28.6 Å². The summed E-state index contributed by atoms with van der Waals surface area (Å²) in [7, 11) is 0. The summed E-state index contributed by atoms with van der Waals surface area (Å²) in [6.45, 7) is 5.96. The van der Waals surface area contributed by atoms with Crippen LogP contribution >= 0.6 is 0 Å². The number of nitrogens with one attached hydrogen (secondary N) is 3. The van der Waals surface area contributed by atoms with Crippen molar-refractivity contribution in [3.05, 3.63) is 120 Å². The highest BCUT2D eigenvalue weighted by Crippen LogP contribution is 2.29. The van der Waals surface area contributed by atoms with Gasteiger partial charge in [-0.15, -0.1) is 0 Å².